The maximum Gasteiger partial charge on any atom is 0.275 e. The highest BCUT2D eigenvalue weighted by Crippen LogP contribution is 2.17. The molecular weight excluding hydrogens is 256 g/mol. The predicted octanol–water partition coefficient (Wildman–Crippen LogP) is 2.10. The standard InChI is InChI=1S/C14H16N4O2/c1-9(2)20-11-5-3-10(4-6-11)18-14(19)12-7-17-13(15)8-16-12/h3-9H,1-2H3,(H2,15,17)(H,18,19). The Hall–Kier alpha value is -2.63. The summed E-state index contributed by atoms with van der Waals surface area (Å²) in [5.41, 5.74) is 6.28. The number of benzene rings is 1. The highest BCUT2D eigenvalue weighted by atomic mass is 16.5. The summed E-state index contributed by atoms with van der Waals surface area (Å²) in [4.78, 5) is 19.6. The predicted molar refractivity (Wildman–Crippen MR) is 76.6 cm³/mol. The van der Waals surface area contributed by atoms with Crippen LogP contribution in [0.3, 0.4) is 0 Å². The van der Waals surface area contributed by atoms with Crippen molar-refractivity contribution in [3.8, 4) is 5.75 Å². The minimum atomic E-state index is -0.338. The maximum atomic E-state index is 11.9. The molecule has 6 nitrogen and oxygen atoms in total. The van der Waals surface area contributed by atoms with Crippen molar-refractivity contribution in [2.75, 3.05) is 11.1 Å². The Balaban J connectivity index is 2.02. The number of nitrogen functional groups attached to an aromatic ring is 1. The number of aromatic nitrogens is 2. The van der Waals surface area contributed by atoms with Gasteiger partial charge in [0.1, 0.15) is 17.3 Å². The first kappa shape index (κ1) is 13.8. The second-order valence-corrected chi connectivity index (χ2v) is 4.47. The molecule has 20 heavy (non-hydrogen) atoms. The molecule has 1 heterocycles. The molecule has 0 aliphatic rings. The van der Waals surface area contributed by atoms with Crippen LogP contribution in [-0.4, -0.2) is 22.0 Å². The van der Waals surface area contributed by atoms with Crippen LogP contribution in [0.15, 0.2) is 36.7 Å². The van der Waals surface area contributed by atoms with Gasteiger partial charge in [0.15, 0.2) is 0 Å². The summed E-state index contributed by atoms with van der Waals surface area (Å²) in [6.07, 6.45) is 2.79. The number of amides is 1. The van der Waals surface area contributed by atoms with Crippen molar-refractivity contribution in [3.63, 3.8) is 0 Å². The van der Waals surface area contributed by atoms with Crippen LogP contribution in [-0.2, 0) is 0 Å². The molecule has 2 aromatic rings. The average molecular weight is 272 g/mol. The van der Waals surface area contributed by atoms with E-state index in [0.29, 0.717) is 5.69 Å². The monoisotopic (exact) mass is 272 g/mol. The molecule has 0 fully saturated rings. The number of carbonyl (C=O) groups is 1. The minimum absolute atomic E-state index is 0.112. The van der Waals surface area contributed by atoms with Gasteiger partial charge in [-0.05, 0) is 38.1 Å². The molecule has 1 aromatic carbocycles. The smallest absolute Gasteiger partial charge is 0.275 e. The van der Waals surface area contributed by atoms with Gasteiger partial charge in [0, 0.05) is 5.69 Å². The second-order valence-electron chi connectivity index (χ2n) is 4.47. The fourth-order valence-corrected chi connectivity index (χ4v) is 1.54. The molecule has 0 spiro atoms. The van der Waals surface area contributed by atoms with Crippen molar-refractivity contribution in [1.82, 2.24) is 9.97 Å². The summed E-state index contributed by atoms with van der Waals surface area (Å²) in [7, 11) is 0. The molecule has 0 aliphatic heterocycles. The Labute approximate surface area is 117 Å². The van der Waals surface area contributed by atoms with Gasteiger partial charge in [0.05, 0.1) is 18.5 Å². The molecule has 104 valence electrons. The third-order valence-corrected chi connectivity index (χ3v) is 2.39. The summed E-state index contributed by atoms with van der Waals surface area (Å²) in [6, 6.07) is 7.12. The first-order chi connectivity index (χ1) is 9.54. The minimum Gasteiger partial charge on any atom is -0.491 e. The number of hydrogen-bond donors (Lipinski definition) is 2. The van der Waals surface area contributed by atoms with Crippen LogP contribution >= 0.6 is 0 Å². The Morgan fingerprint density at radius 3 is 2.45 bits per heavy atom. The quantitative estimate of drug-likeness (QED) is 0.889. The van der Waals surface area contributed by atoms with E-state index in [0.717, 1.165) is 5.75 Å². The maximum absolute atomic E-state index is 11.9. The van der Waals surface area contributed by atoms with E-state index in [-0.39, 0.29) is 23.5 Å². The van der Waals surface area contributed by atoms with Crippen LogP contribution in [0.4, 0.5) is 11.5 Å². The van der Waals surface area contributed by atoms with E-state index in [1.807, 2.05) is 13.8 Å². The van der Waals surface area contributed by atoms with Gasteiger partial charge in [0.25, 0.3) is 5.91 Å². The van der Waals surface area contributed by atoms with Crippen molar-refractivity contribution in [2.24, 2.45) is 0 Å². The number of nitrogens with two attached hydrogens (primary N) is 1. The fourth-order valence-electron chi connectivity index (χ4n) is 1.54. The molecule has 6 heteroatoms. The fraction of sp³-hybridized carbons (Fsp3) is 0.214. The van der Waals surface area contributed by atoms with Crippen LogP contribution in [0.2, 0.25) is 0 Å². The van der Waals surface area contributed by atoms with Crippen molar-refractivity contribution in [1.29, 1.82) is 0 Å². The molecular formula is C14H16N4O2. The molecule has 0 unspecified atom stereocenters. The molecule has 0 radical (unpaired) electrons. The Morgan fingerprint density at radius 1 is 1.20 bits per heavy atom. The molecule has 2 rings (SSSR count). The van der Waals surface area contributed by atoms with E-state index in [1.165, 1.54) is 12.4 Å². The number of nitrogens with zero attached hydrogens (tertiary/aromatic N) is 2. The van der Waals surface area contributed by atoms with E-state index >= 15 is 0 Å². The Bertz CT molecular complexity index is 579. The van der Waals surface area contributed by atoms with E-state index in [9.17, 15) is 4.79 Å². The normalized spacial score (nSPS) is 10.3. The first-order valence-electron chi connectivity index (χ1n) is 6.20. The summed E-state index contributed by atoms with van der Waals surface area (Å²) >= 11 is 0. The van der Waals surface area contributed by atoms with Crippen LogP contribution in [0.5, 0.6) is 5.75 Å². The average Bonchev–Trinajstić information content (AvgIpc) is 2.41. The van der Waals surface area contributed by atoms with Gasteiger partial charge in [-0.25, -0.2) is 9.97 Å². The lowest BCUT2D eigenvalue weighted by Crippen LogP contribution is -2.14. The van der Waals surface area contributed by atoms with Gasteiger partial charge in [-0.3, -0.25) is 4.79 Å². The zero-order valence-corrected chi connectivity index (χ0v) is 11.3. The molecule has 1 aromatic heterocycles. The van der Waals surface area contributed by atoms with Gasteiger partial charge in [-0.1, -0.05) is 0 Å². The molecule has 0 aliphatic carbocycles. The molecule has 0 bridgehead atoms. The van der Waals surface area contributed by atoms with E-state index in [2.05, 4.69) is 15.3 Å². The number of carbonyl (C=O) groups excluding carboxylic acids is 1. The molecule has 0 atom stereocenters. The third-order valence-electron chi connectivity index (χ3n) is 2.39. The van der Waals surface area contributed by atoms with E-state index < -0.39 is 0 Å². The van der Waals surface area contributed by atoms with E-state index in [4.69, 9.17) is 10.5 Å². The third kappa shape index (κ3) is 3.68. The Kier molecular flexibility index (Phi) is 4.14. The van der Waals surface area contributed by atoms with Crippen LogP contribution in [0.25, 0.3) is 0 Å². The van der Waals surface area contributed by atoms with Crippen molar-refractivity contribution >= 4 is 17.4 Å². The largest absolute Gasteiger partial charge is 0.491 e. The van der Waals surface area contributed by atoms with Gasteiger partial charge < -0.3 is 15.8 Å². The number of hydrogen-bond acceptors (Lipinski definition) is 5. The summed E-state index contributed by atoms with van der Waals surface area (Å²) in [5, 5.41) is 2.72. The van der Waals surface area contributed by atoms with Crippen molar-refractivity contribution in [3.05, 3.63) is 42.4 Å². The second kappa shape index (κ2) is 6.01. The number of ether oxygens (including phenoxy) is 1. The number of nitrogens with one attached hydrogen (secondary N) is 1. The van der Waals surface area contributed by atoms with Gasteiger partial charge in [0.2, 0.25) is 0 Å². The van der Waals surface area contributed by atoms with Gasteiger partial charge in [-0.2, -0.15) is 0 Å². The first-order valence-corrected chi connectivity index (χ1v) is 6.20. The van der Waals surface area contributed by atoms with Gasteiger partial charge >= 0.3 is 0 Å². The highest BCUT2D eigenvalue weighted by molar-refractivity contribution is 6.02. The molecule has 3 N–H and O–H groups in total. The topological polar surface area (TPSA) is 90.1 Å². The Morgan fingerprint density at radius 2 is 1.90 bits per heavy atom. The summed E-state index contributed by atoms with van der Waals surface area (Å²) in [6.45, 7) is 3.91. The highest BCUT2D eigenvalue weighted by Gasteiger charge is 2.08. The van der Waals surface area contributed by atoms with Crippen LogP contribution in [0, 0.1) is 0 Å². The SMILES string of the molecule is CC(C)Oc1ccc(NC(=O)c2cnc(N)cn2)cc1. The van der Waals surface area contributed by atoms with Gasteiger partial charge in [-0.15, -0.1) is 0 Å². The summed E-state index contributed by atoms with van der Waals surface area (Å²) < 4.78 is 5.52. The lowest BCUT2D eigenvalue weighted by Gasteiger charge is -2.10. The number of rotatable bonds is 4. The lowest BCUT2D eigenvalue weighted by molar-refractivity contribution is 0.102. The van der Waals surface area contributed by atoms with Crippen LogP contribution < -0.4 is 15.8 Å². The molecule has 0 saturated carbocycles. The number of anilines is 2. The van der Waals surface area contributed by atoms with Crippen molar-refractivity contribution in [2.45, 2.75) is 20.0 Å². The lowest BCUT2D eigenvalue weighted by atomic mass is 10.3. The zero-order chi connectivity index (χ0) is 14.5. The summed E-state index contributed by atoms with van der Waals surface area (Å²) in [5.74, 6) is 0.692. The van der Waals surface area contributed by atoms with E-state index in [1.54, 1.807) is 24.3 Å². The van der Waals surface area contributed by atoms with Crippen LogP contribution in [0.1, 0.15) is 24.3 Å². The molecule has 1 amide bonds. The van der Waals surface area contributed by atoms with Crippen molar-refractivity contribution < 1.29 is 9.53 Å². The molecule has 0 saturated heterocycles. The zero-order valence-electron chi connectivity index (χ0n) is 11.3.